The van der Waals surface area contributed by atoms with Crippen LogP contribution >= 0.6 is 0 Å². The van der Waals surface area contributed by atoms with Crippen LogP contribution < -0.4 is 5.32 Å². The van der Waals surface area contributed by atoms with Gasteiger partial charge in [0, 0.05) is 12.8 Å². The largest absolute Gasteiger partial charge is 0.467 e. The van der Waals surface area contributed by atoms with Gasteiger partial charge in [0.2, 0.25) is 0 Å². The minimum absolute atomic E-state index is 0.0312. The van der Waals surface area contributed by atoms with Crippen molar-refractivity contribution < 1.29 is 23.1 Å². The predicted molar refractivity (Wildman–Crippen MR) is 59.8 cm³/mol. The number of methoxy groups -OCH3 is 1. The second kappa shape index (κ2) is 6.17. The Morgan fingerprint density at radius 3 is 2.50 bits per heavy atom. The maximum atomic E-state index is 11.0. The summed E-state index contributed by atoms with van der Waals surface area (Å²) in [6.45, 7) is 1.78. The molecule has 2 N–H and O–H groups in total. The van der Waals surface area contributed by atoms with E-state index in [1.165, 1.54) is 14.0 Å². The van der Waals surface area contributed by atoms with Gasteiger partial charge in [-0.25, -0.2) is 13.2 Å². The molecule has 0 aliphatic heterocycles. The first-order valence-corrected chi connectivity index (χ1v) is 6.94. The number of hydrogen-bond donors (Lipinski definition) is 2. The summed E-state index contributed by atoms with van der Waals surface area (Å²) in [4.78, 5) is 11.0. The van der Waals surface area contributed by atoms with Gasteiger partial charge in [0.15, 0.2) is 5.60 Å². The van der Waals surface area contributed by atoms with Crippen LogP contribution in [0.3, 0.4) is 0 Å². The van der Waals surface area contributed by atoms with Crippen molar-refractivity contribution in [2.75, 3.05) is 32.2 Å². The number of rotatable bonds is 7. The molecular weight excluding hydrogens is 234 g/mol. The molecule has 0 aromatic heterocycles. The van der Waals surface area contributed by atoms with Crippen LogP contribution in [0.2, 0.25) is 0 Å². The Kier molecular flexibility index (Phi) is 5.91. The Balaban J connectivity index is 3.78. The molecule has 0 rings (SSSR count). The Morgan fingerprint density at radius 1 is 1.50 bits per heavy atom. The molecule has 96 valence electrons. The second-order valence-corrected chi connectivity index (χ2v) is 6.19. The number of ether oxygens (including phenoxy) is 1. The molecule has 1 atom stereocenters. The van der Waals surface area contributed by atoms with Crippen molar-refractivity contribution in [3.8, 4) is 0 Å². The van der Waals surface area contributed by atoms with Crippen LogP contribution in [0, 0.1) is 0 Å². The fourth-order valence-electron chi connectivity index (χ4n) is 1.08. The lowest BCUT2D eigenvalue weighted by molar-refractivity contribution is -0.159. The van der Waals surface area contributed by atoms with E-state index in [9.17, 15) is 18.3 Å². The molecule has 0 radical (unpaired) electrons. The summed E-state index contributed by atoms with van der Waals surface area (Å²) in [6, 6.07) is 0. The highest BCUT2D eigenvalue weighted by atomic mass is 32.2. The molecule has 1 unspecified atom stereocenters. The van der Waals surface area contributed by atoms with Crippen molar-refractivity contribution in [1.82, 2.24) is 5.32 Å². The molecule has 0 fully saturated rings. The summed E-state index contributed by atoms with van der Waals surface area (Å²) in [6.07, 6.45) is 1.60. The zero-order valence-corrected chi connectivity index (χ0v) is 10.6. The first-order valence-electron chi connectivity index (χ1n) is 4.88. The molecule has 0 saturated heterocycles. The molecule has 0 saturated carbocycles. The maximum Gasteiger partial charge on any atom is 0.338 e. The van der Waals surface area contributed by atoms with Gasteiger partial charge in [-0.15, -0.1) is 0 Å². The van der Waals surface area contributed by atoms with Crippen LogP contribution in [-0.2, 0) is 19.4 Å². The highest BCUT2D eigenvalue weighted by Gasteiger charge is 2.30. The van der Waals surface area contributed by atoms with Gasteiger partial charge in [-0.1, -0.05) is 0 Å². The minimum atomic E-state index is -2.96. The van der Waals surface area contributed by atoms with Crippen molar-refractivity contribution in [3.63, 3.8) is 0 Å². The van der Waals surface area contributed by atoms with E-state index in [0.29, 0.717) is 13.0 Å². The standard InChI is InChI=1S/C9H19NO5S/c1-9(12,8(11)15-2)7-10-5-4-6-16(3,13)14/h10,12H,4-7H2,1-3H3. The van der Waals surface area contributed by atoms with E-state index in [1.54, 1.807) is 0 Å². The SMILES string of the molecule is COC(=O)C(C)(O)CNCCCS(C)(=O)=O. The van der Waals surface area contributed by atoms with E-state index in [4.69, 9.17) is 0 Å². The van der Waals surface area contributed by atoms with Gasteiger partial charge in [-0.3, -0.25) is 0 Å². The maximum absolute atomic E-state index is 11.0. The molecule has 0 bridgehead atoms. The van der Waals surface area contributed by atoms with Crippen molar-refractivity contribution in [3.05, 3.63) is 0 Å². The molecule has 0 aromatic carbocycles. The smallest absolute Gasteiger partial charge is 0.338 e. The lowest BCUT2D eigenvalue weighted by Gasteiger charge is -2.20. The summed E-state index contributed by atoms with van der Waals surface area (Å²) in [5.74, 6) is -0.636. The molecule has 0 amide bonds. The monoisotopic (exact) mass is 253 g/mol. The number of carbonyl (C=O) groups is 1. The van der Waals surface area contributed by atoms with E-state index in [2.05, 4.69) is 10.1 Å². The minimum Gasteiger partial charge on any atom is -0.467 e. The van der Waals surface area contributed by atoms with Crippen LogP contribution in [0.4, 0.5) is 0 Å². The van der Waals surface area contributed by atoms with E-state index in [1.807, 2.05) is 0 Å². The van der Waals surface area contributed by atoms with E-state index >= 15 is 0 Å². The van der Waals surface area contributed by atoms with Gasteiger partial charge >= 0.3 is 5.97 Å². The van der Waals surface area contributed by atoms with Crippen LogP contribution in [0.25, 0.3) is 0 Å². The topological polar surface area (TPSA) is 92.7 Å². The lowest BCUT2D eigenvalue weighted by atomic mass is 10.1. The Bertz CT molecular complexity index is 323. The van der Waals surface area contributed by atoms with E-state index in [0.717, 1.165) is 6.26 Å². The molecule has 7 heteroatoms. The normalized spacial score (nSPS) is 15.5. The van der Waals surface area contributed by atoms with Crippen molar-refractivity contribution in [2.45, 2.75) is 18.9 Å². The molecule has 0 aromatic rings. The van der Waals surface area contributed by atoms with Gasteiger partial charge < -0.3 is 15.2 Å². The molecule has 6 nitrogen and oxygen atoms in total. The number of hydrogen-bond acceptors (Lipinski definition) is 6. The molecule has 16 heavy (non-hydrogen) atoms. The average molecular weight is 253 g/mol. The zero-order valence-electron chi connectivity index (χ0n) is 9.82. The third-order valence-electron chi connectivity index (χ3n) is 1.96. The van der Waals surface area contributed by atoms with Gasteiger partial charge in [-0.05, 0) is 19.9 Å². The van der Waals surface area contributed by atoms with E-state index in [-0.39, 0.29) is 12.3 Å². The van der Waals surface area contributed by atoms with Crippen LogP contribution in [0.1, 0.15) is 13.3 Å². The Morgan fingerprint density at radius 2 is 2.06 bits per heavy atom. The number of carbonyl (C=O) groups excluding carboxylic acids is 1. The zero-order chi connectivity index (χ0) is 12.8. The van der Waals surface area contributed by atoms with Gasteiger partial charge in [0.25, 0.3) is 0 Å². The first-order chi connectivity index (χ1) is 7.19. The third kappa shape index (κ3) is 6.76. The molecule has 0 aliphatic rings. The molecule has 0 aliphatic carbocycles. The quantitative estimate of drug-likeness (QED) is 0.443. The number of sulfone groups is 1. The average Bonchev–Trinajstić information content (AvgIpc) is 2.14. The fraction of sp³-hybridized carbons (Fsp3) is 0.889. The van der Waals surface area contributed by atoms with Crippen LogP contribution in [-0.4, -0.2) is 57.3 Å². The number of aliphatic hydroxyl groups is 1. The first kappa shape index (κ1) is 15.3. The van der Waals surface area contributed by atoms with Crippen LogP contribution in [0.15, 0.2) is 0 Å². The van der Waals surface area contributed by atoms with E-state index < -0.39 is 21.4 Å². The van der Waals surface area contributed by atoms with Gasteiger partial charge in [0.1, 0.15) is 9.84 Å². The van der Waals surface area contributed by atoms with Crippen molar-refractivity contribution in [2.24, 2.45) is 0 Å². The summed E-state index contributed by atoms with van der Waals surface area (Å²) in [7, 11) is -1.76. The Hall–Kier alpha value is -0.660. The predicted octanol–water partition coefficient (Wildman–Crippen LogP) is -1.07. The molecular formula is C9H19NO5S. The second-order valence-electron chi connectivity index (χ2n) is 3.93. The Labute approximate surface area is 95.9 Å². The lowest BCUT2D eigenvalue weighted by Crippen LogP contribution is -2.45. The highest BCUT2D eigenvalue weighted by Crippen LogP contribution is 2.03. The highest BCUT2D eigenvalue weighted by molar-refractivity contribution is 7.90. The summed E-state index contributed by atoms with van der Waals surface area (Å²) in [5, 5.41) is 12.4. The summed E-state index contributed by atoms with van der Waals surface area (Å²) < 4.78 is 26.0. The number of nitrogens with one attached hydrogen (secondary N) is 1. The van der Waals surface area contributed by atoms with Crippen LogP contribution in [0.5, 0.6) is 0 Å². The summed E-state index contributed by atoms with van der Waals surface area (Å²) in [5.41, 5.74) is -1.58. The van der Waals surface area contributed by atoms with Crippen molar-refractivity contribution >= 4 is 15.8 Å². The fourth-order valence-corrected chi connectivity index (χ4v) is 1.75. The number of esters is 1. The third-order valence-corrected chi connectivity index (χ3v) is 2.99. The van der Waals surface area contributed by atoms with Gasteiger partial charge in [0.05, 0.1) is 12.9 Å². The summed E-state index contributed by atoms with van der Waals surface area (Å²) >= 11 is 0. The van der Waals surface area contributed by atoms with Crippen molar-refractivity contribution in [1.29, 1.82) is 0 Å². The molecule has 0 heterocycles. The molecule has 0 spiro atoms. The van der Waals surface area contributed by atoms with Gasteiger partial charge in [-0.2, -0.15) is 0 Å².